The largest absolute Gasteiger partial charge is 0.463 e. The minimum atomic E-state index is -0.904. The number of anilines is 1. The van der Waals surface area contributed by atoms with E-state index in [0.29, 0.717) is 6.42 Å². The average Bonchev–Trinajstić information content (AvgIpc) is 3.24. The molecule has 2 aromatic rings. The zero-order valence-corrected chi connectivity index (χ0v) is 19.3. The molecule has 33 heavy (non-hydrogen) atoms. The van der Waals surface area contributed by atoms with Crippen molar-refractivity contribution in [3.05, 3.63) is 22.3 Å². The molecule has 1 aliphatic carbocycles. The molecular formula is C21H30N6O6. The first kappa shape index (κ1) is 24.2. The van der Waals surface area contributed by atoms with E-state index in [0.717, 1.165) is 5.57 Å². The molecule has 0 unspecified atom stereocenters. The lowest BCUT2D eigenvalue weighted by Gasteiger charge is -2.25. The Hall–Kier alpha value is -3.41. The molecule has 1 saturated carbocycles. The van der Waals surface area contributed by atoms with Crippen LogP contribution in [0.1, 0.15) is 41.0 Å². The molecule has 1 fully saturated rings. The lowest BCUT2D eigenvalue weighted by molar-refractivity contribution is -0.149. The molecule has 0 spiro atoms. The molecule has 0 bridgehead atoms. The van der Waals surface area contributed by atoms with Gasteiger partial charge in [-0.1, -0.05) is 13.8 Å². The number of nitrogen functional groups attached to an aromatic ring is 1. The van der Waals surface area contributed by atoms with Gasteiger partial charge in [-0.15, -0.1) is 0 Å². The zero-order valence-electron chi connectivity index (χ0n) is 19.3. The van der Waals surface area contributed by atoms with Crippen molar-refractivity contribution in [3.8, 4) is 0 Å². The molecule has 0 radical (unpaired) electrons. The summed E-state index contributed by atoms with van der Waals surface area (Å²) >= 11 is 0. The van der Waals surface area contributed by atoms with Gasteiger partial charge in [-0.05, 0) is 38.7 Å². The number of aromatic nitrogens is 4. The van der Waals surface area contributed by atoms with Gasteiger partial charge in [-0.2, -0.15) is 4.98 Å². The van der Waals surface area contributed by atoms with Gasteiger partial charge in [0.05, 0.1) is 12.0 Å². The number of imidazole rings is 1. The van der Waals surface area contributed by atoms with Crippen LogP contribution in [0.25, 0.3) is 17.4 Å². The Bertz CT molecular complexity index is 1140. The highest BCUT2D eigenvalue weighted by Crippen LogP contribution is 2.52. The van der Waals surface area contributed by atoms with Gasteiger partial charge < -0.3 is 25.6 Å². The Kier molecular flexibility index (Phi) is 6.50. The van der Waals surface area contributed by atoms with Crippen LogP contribution < -0.4 is 16.6 Å². The number of aliphatic hydroxyl groups is 1. The number of alkyl carbamates (subject to hydrolysis) is 1. The van der Waals surface area contributed by atoms with Crippen LogP contribution in [0.5, 0.6) is 0 Å². The number of fused-ring (bicyclic) bond motifs is 1. The third kappa shape index (κ3) is 5.51. The number of hydrogen-bond donors (Lipinski definition) is 4. The van der Waals surface area contributed by atoms with E-state index in [9.17, 15) is 19.5 Å². The zero-order chi connectivity index (χ0) is 24.6. The van der Waals surface area contributed by atoms with Crippen LogP contribution >= 0.6 is 0 Å². The van der Waals surface area contributed by atoms with Gasteiger partial charge >= 0.3 is 12.1 Å². The smallest absolute Gasteiger partial charge is 0.408 e. The van der Waals surface area contributed by atoms with Crippen LogP contribution in [0.4, 0.5) is 10.7 Å². The summed E-state index contributed by atoms with van der Waals surface area (Å²) in [6.45, 7) is 8.41. The normalized spacial score (nSPS) is 20.2. The number of nitrogens with zero attached hydrogens (tertiary/aromatic N) is 3. The van der Waals surface area contributed by atoms with Crippen molar-refractivity contribution in [3.63, 3.8) is 0 Å². The van der Waals surface area contributed by atoms with Gasteiger partial charge in [-0.3, -0.25) is 14.3 Å². The summed E-state index contributed by atoms with van der Waals surface area (Å²) in [5.41, 5.74) is 4.91. The molecule has 5 N–H and O–H groups in total. The number of H-pyrrole nitrogens is 1. The molecular weight excluding hydrogens is 432 g/mol. The molecule has 0 aliphatic heterocycles. The summed E-state index contributed by atoms with van der Waals surface area (Å²) in [7, 11) is 0. The first-order valence-electron chi connectivity index (χ1n) is 10.6. The van der Waals surface area contributed by atoms with Crippen LogP contribution in [0, 0.1) is 11.3 Å². The van der Waals surface area contributed by atoms with Crippen LogP contribution in [-0.2, 0) is 14.3 Å². The maximum Gasteiger partial charge on any atom is 0.408 e. The molecule has 3 rings (SSSR count). The number of aliphatic hydroxyl groups excluding tert-OH is 1. The Morgan fingerprint density at radius 2 is 2.12 bits per heavy atom. The third-order valence-corrected chi connectivity index (χ3v) is 5.22. The highest BCUT2D eigenvalue weighted by atomic mass is 16.6. The minimum absolute atomic E-state index is 0.0389. The SMILES string of the molecule is CC(C)[C@H](NC(=O)OC(C)(C)C)C(=O)OC[C@]1(CO)C/C1=C/n1cnc2c(=O)[nH]c(N)nc21. The van der Waals surface area contributed by atoms with Gasteiger partial charge in [0, 0.05) is 6.20 Å². The van der Waals surface area contributed by atoms with Gasteiger partial charge in [-0.25, -0.2) is 14.6 Å². The van der Waals surface area contributed by atoms with Gasteiger partial charge in [0.15, 0.2) is 11.2 Å². The second-order valence-electron chi connectivity index (χ2n) is 9.52. The van der Waals surface area contributed by atoms with Gasteiger partial charge in [0.1, 0.15) is 24.6 Å². The van der Waals surface area contributed by atoms with Crippen molar-refractivity contribution in [2.24, 2.45) is 11.3 Å². The van der Waals surface area contributed by atoms with E-state index < -0.39 is 34.7 Å². The van der Waals surface area contributed by atoms with Crippen molar-refractivity contribution < 1.29 is 24.2 Å². The fourth-order valence-electron chi connectivity index (χ4n) is 3.29. The quantitative estimate of drug-likeness (QED) is 0.438. The number of nitrogens with one attached hydrogen (secondary N) is 2. The number of rotatable bonds is 7. The second-order valence-corrected chi connectivity index (χ2v) is 9.52. The number of aromatic amines is 1. The van der Waals surface area contributed by atoms with Gasteiger partial charge in [0.25, 0.3) is 5.56 Å². The Morgan fingerprint density at radius 3 is 2.73 bits per heavy atom. The summed E-state index contributed by atoms with van der Waals surface area (Å²) in [5.74, 6) is -0.900. The van der Waals surface area contributed by atoms with Crippen molar-refractivity contribution >= 4 is 35.4 Å². The molecule has 12 heteroatoms. The average molecular weight is 463 g/mol. The summed E-state index contributed by atoms with van der Waals surface area (Å²) in [6.07, 6.45) is 2.87. The molecule has 1 aliphatic rings. The van der Waals surface area contributed by atoms with Crippen molar-refractivity contribution in [2.75, 3.05) is 18.9 Å². The van der Waals surface area contributed by atoms with Crippen molar-refractivity contribution in [2.45, 2.75) is 52.7 Å². The van der Waals surface area contributed by atoms with Crippen LogP contribution in [0.3, 0.4) is 0 Å². The number of hydrogen-bond acceptors (Lipinski definition) is 9. The minimum Gasteiger partial charge on any atom is -0.463 e. The van der Waals surface area contributed by atoms with E-state index in [2.05, 4.69) is 20.3 Å². The Labute approximate surface area is 190 Å². The van der Waals surface area contributed by atoms with E-state index in [1.54, 1.807) is 40.8 Å². The van der Waals surface area contributed by atoms with E-state index >= 15 is 0 Å². The molecule has 180 valence electrons. The van der Waals surface area contributed by atoms with Crippen molar-refractivity contribution in [1.29, 1.82) is 0 Å². The standard InChI is InChI=1S/C21H30N6O6/c1-11(2)13(24-19(31)33-20(3,4)5)17(30)32-9-21(8-28)6-12(21)7-27-10-23-14-15(27)25-18(22)26-16(14)29/h7,10-11,13,28H,6,8-9H2,1-5H3,(H,24,31)(H3,22,25,26,29)/b12-7-/t13-,21+/m0/s1. The van der Waals surface area contributed by atoms with E-state index in [-0.39, 0.29) is 36.2 Å². The fourth-order valence-corrected chi connectivity index (χ4v) is 3.29. The lowest BCUT2D eigenvalue weighted by Crippen LogP contribution is -2.47. The summed E-state index contributed by atoms with van der Waals surface area (Å²) < 4.78 is 12.2. The summed E-state index contributed by atoms with van der Waals surface area (Å²) in [6, 6.07) is -0.904. The van der Waals surface area contributed by atoms with E-state index in [1.165, 1.54) is 10.9 Å². The number of carbonyl (C=O) groups is 2. The maximum atomic E-state index is 12.7. The molecule has 2 heterocycles. The molecule has 1 amide bonds. The molecule has 0 aromatic carbocycles. The lowest BCUT2D eigenvalue weighted by atomic mass is 10.0. The molecule has 2 aromatic heterocycles. The predicted molar refractivity (Wildman–Crippen MR) is 120 cm³/mol. The molecule has 12 nitrogen and oxygen atoms in total. The number of ether oxygens (including phenoxy) is 2. The first-order chi connectivity index (χ1) is 15.3. The predicted octanol–water partition coefficient (Wildman–Crippen LogP) is 1.02. The van der Waals surface area contributed by atoms with Gasteiger partial charge in [0.2, 0.25) is 5.95 Å². The van der Waals surface area contributed by atoms with Crippen LogP contribution in [-0.4, -0.2) is 61.5 Å². The number of carbonyl (C=O) groups excluding carboxylic acids is 2. The van der Waals surface area contributed by atoms with Crippen LogP contribution in [0.15, 0.2) is 16.7 Å². The van der Waals surface area contributed by atoms with E-state index in [1.807, 2.05) is 0 Å². The third-order valence-electron chi connectivity index (χ3n) is 5.22. The first-order valence-corrected chi connectivity index (χ1v) is 10.6. The number of esters is 1. The highest BCUT2D eigenvalue weighted by molar-refractivity contribution is 5.82. The Morgan fingerprint density at radius 1 is 1.42 bits per heavy atom. The second kappa shape index (κ2) is 8.85. The van der Waals surface area contributed by atoms with E-state index in [4.69, 9.17) is 15.2 Å². The molecule has 0 saturated heterocycles. The Balaban J connectivity index is 1.69. The maximum absolute atomic E-state index is 12.7. The summed E-state index contributed by atoms with van der Waals surface area (Å²) in [5, 5.41) is 12.5. The highest BCUT2D eigenvalue weighted by Gasteiger charge is 2.50. The summed E-state index contributed by atoms with van der Waals surface area (Å²) in [4.78, 5) is 47.2. The topological polar surface area (TPSA) is 174 Å². The molecule has 2 atom stereocenters. The van der Waals surface area contributed by atoms with Crippen LogP contribution in [0.2, 0.25) is 0 Å². The fraction of sp³-hybridized carbons (Fsp3) is 0.571. The number of amides is 1. The number of nitrogens with two attached hydrogens (primary N) is 1. The monoisotopic (exact) mass is 462 g/mol. The van der Waals surface area contributed by atoms with Crippen molar-refractivity contribution in [1.82, 2.24) is 24.8 Å².